The lowest BCUT2D eigenvalue weighted by Gasteiger charge is -2.17. The smallest absolute Gasteiger partial charge is 0.370 e. The van der Waals surface area contributed by atoms with Crippen LogP contribution in [-0.4, -0.2) is 39.8 Å². The number of fused-ring (bicyclic) bond motifs is 1. The molecule has 9 nitrogen and oxygen atoms in total. The summed E-state index contributed by atoms with van der Waals surface area (Å²) in [5, 5.41) is 10.9. The lowest BCUT2D eigenvalue weighted by Crippen LogP contribution is -2.27. The van der Waals surface area contributed by atoms with Crippen LogP contribution in [-0.2, 0) is 45.0 Å². The number of carbonyl (C=O) groups is 2. The van der Waals surface area contributed by atoms with E-state index in [4.69, 9.17) is 4.52 Å². The fraction of sp³-hybridized carbons (Fsp3) is 0.435. The normalized spacial score (nSPS) is 14.0. The van der Waals surface area contributed by atoms with Gasteiger partial charge in [0.2, 0.25) is 5.89 Å². The van der Waals surface area contributed by atoms with Crippen LogP contribution in [0.25, 0.3) is 0 Å². The second kappa shape index (κ2) is 11.5. The molecule has 0 saturated carbocycles. The topological polar surface area (TPSA) is 116 Å². The Hall–Kier alpha value is -3.48. The number of hydrogen-bond acceptors (Lipinski definition) is 10. The summed E-state index contributed by atoms with van der Waals surface area (Å²) < 4.78 is 42.0. The Morgan fingerprint density at radius 3 is 2.81 bits per heavy atom. The summed E-state index contributed by atoms with van der Waals surface area (Å²) in [7, 11) is 0. The van der Waals surface area contributed by atoms with Gasteiger partial charge in [-0.2, -0.15) is 29.5 Å². The first-order chi connectivity index (χ1) is 17.3. The molecule has 0 saturated heterocycles. The first kappa shape index (κ1) is 25.6. The number of anilines is 1. The van der Waals surface area contributed by atoms with Crippen LogP contribution >= 0.6 is 11.3 Å². The number of nitrogens with zero attached hydrogens (tertiary/aromatic N) is 3. The second-order valence-electron chi connectivity index (χ2n) is 8.28. The SMILES string of the molecule is O=C(CC(Cc1nc(CCCc2ccc3c(n2)NCCC3)no1)c1ccsc1)OOC(=O)C(F)(F)F. The molecule has 4 heterocycles. The van der Waals surface area contributed by atoms with E-state index in [1.165, 1.54) is 16.9 Å². The molecule has 1 atom stereocenters. The molecule has 3 aromatic heterocycles. The number of pyridine rings is 1. The highest BCUT2D eigenvalue weighted by Crippen LogP contribution is 2.27. The quantitative estimate of drug-likeness (QED) is 0.322. The third-order valence-corrected chi connectivity index (χ3v) is 6.29. The van der Waals surface area contributed by atoms with E-state index >= 15 is 0 Å². The van der Waals surface area contributed by atoms with Gasteiger partial charge in [0.1, 0.15) is 5.82 Å². The molecular formula is C23H23F3N4O5S. The highest BCUT2D eigenvalue weighted by atomic mass is 32.1. The molecule has 36 heavy (non-hydrogen) atoms. The highest BCUT2D eigenvalue weighted by molar-refractivity contribution is 7.08. The van der Waals surface area contributed by atoms with Crippen LogP contribution in [0.2, 0.25) is 0 Å². The van der Waals surface area contributed by atoms with Crippen LogP contribution in [0.3, 0.4) is 0 Å². The van der Waals surface area contributed by atoms with Crippen molar-refractivity contribution in [2.24, 2.45) is 0 Å². The van der Waals surface area contributed by atoms with Crippen LogP contribution in [0.1, 0.15) is 53.7 Å². The average Bonchev–Trinajstić information content (AvgIpc) is 3.54. The Labute approximate surface area is 207 Å². The van der Waals surface area contributed by atoms with Crippen molar-refractivity contribution in [2.75, 3.05) is 11.9 Å². The fourth-order valence-corrected chi connectivity index (χ4v) is 4.55. The fourth-order valence-electron chi connectivity index (χ4n) is 3.80. The maximum Gasteiger partial charge on any atom is 0.495 e. The Balaban J connectivity index is 1.29. The van der Waals surface area contributed by atoms with E-state index in [1.54, 1.807) is 16.8 Å². The number of rotatable bonds is 9. The number of aryl methyl sites for hydroxylation is 3. The largest absolute Gasteiger partial charge is 0.495 e. The number of thiophene rings is 1. The number of alkyl halides is 3. The maximum absolute atomic E-state index is 12.2. The van der Waals surface area contributed by atoms with E-state index in [2.05, 4.69) is 36.3 Å². The molecule has 0 aromatic carbocycles. The first-order valence-corrected chi connectivity index (χ1v) is 12.3. The predicted octanol–water partition coefficient (Wildman–Crippen LogP) is 4.34. The Kier molecular flexibility index (Phi) is 8.18. The third-order valence-electron chi connectivity index (χ3n) is 5.59. The predicted molar refractivity (Wildman–Crippen MR) is 121 cm³/mol. The van der Waals surface area contributed by atoms with Crippen molar-refractivity contribution < 1.29 is 37.1 Å². The van der Waals surface area contributed by atoms with E-state index in [0.717, 1.165) is 49.3 Å². The average molecular weight is 525 g/mol. The van der Waals surface area contributed by atoms with E-state index in [1.807, 2.05) is 6.07 Å². The summed E-state index contributed by atoms with van der Waals surface area (Å²) in [4.78, 5) is 39.4. The van der Waals surface area contributed by atoms with Crippen molar-refractivity contribution in [3.63, 3.8) is 0 Å². The Morgan fingerprint density at radius 2 is 2.03 bits per heavy atom. The third kappa shape index (κ3) is 7.03. The van der Waals surface area contributed by atoms with Gasteiger partial charge in [0, 0.05) is 31.0 Å². The summed E-state index contributed by atoms with van der Waals surface area (Å²) in [6.45, 7) is 0.928. The van der Waals surface area contributed by atoms with Gasteiger partial charge >= 0.3 is 18.1 Å². The molecular weight excluding hydrogens is 501 g/mol. The van der Waals surface area contributed by atoms with Crippen LogP contribution in [0.15, 0.2) is 33.5 Å². The van der Waals surface area contributed by atoms with Crippen LogP contribution < -0.4 is 5.32 Å². The van der Waals surface area contributed by atoms with Gasteiger partial charge < -0.3 is 9.84 Å². The van der Waals surface area contributed by atoms with Gasteiger partial charge in [0.25, 0.3) is 0 Å². The molecule has 3 aromatic rings. The molecule has 0 amide bonds. The van der Waals surface area contributed by atoms with Crippen molar-refractivity contribution in [3.8, 4) is 0 Å². The molecule has 0 spiro atoms. The van der Waals surface area contributed by atoms with E-state index in [-0.39, 0.29) is 18.7 Å². The van der Waals surface area contributed by atoms with Crippen molar-refractivity contribution in [2.45, 2.75) is 57.0 Å². The van der Waals surface area contributed by atoms with Crippen molar-refractivity contribution in [1.29, 1.82) is 0 Å². The highest BCUT2D eigenvalue weighted by Gasteiger charge is 2.43. The molecule has 13 heteroatoms. The number of halogens is 3. The lowest BCUT2D eigenvalue weighted by molar-refractivity contribution is -0.286. The minimum Gasteiger partial charge on any atom is -0.370 e. The van der Waals surface area contributed by atoms with Crippen molar-refractivity contribution in [3.05, 3.63) is 57.5 Å². The van der Waals surface area contributed by atoms with Gasteiger partial charge in [0.05, 0.1) is 6.42 Å². The second-order valence-corrected chi connectivity index (χ2v) is 9.06. The van der Waals surface area contributed by atoms with Crippen LogP contribution in [0.5, 0.6) is 0 Å². The van der Waals surface area contributed by atoms with Gasteiger partial charge in [-0.1, -0.05) is 11.2 Å². The summed E-state index contributed by atoms with van der Waals surface area (Å²) in [5.74, 6) is -2.52. The molecule has 1 N–H and O–H groups in total. The van der Waals surface area contributed by atoms with E-state index in [9.17, 15) is 22.8 Å². The maximum atomic E-state index is 12.2. The van der Waals surface area contributed by atoms with Gasteiger partial charge in [-0.25, -0.2) is 24.3 Å². The molecule has 192 valence electrons. The number of carbonyl (C=O) groups excluding carboxylic acids is 2. The molecule has 0 radical (unpaired) electrons. The molecule has 4 rings (SSSR count). The van der Waals surface area contributed by atoms with Gasteiger partial charge in [-0.3, -0.25) is 0 Å². The number of nitrogens with one attached hydrogen (secondary N) is 1. The molecule has 0 fully saturated rings. The Morgan fingerprint density at radius 1 is 1.17 bits per heavy atom. The summed E-state index contributed by atoms with van der Waals surface area (Å²) >= 11 is 1.39. The standard InChI is InChI=1S/C23H23F3N4O5S/c24-23(25,26)22(32)35-34-20(31)12-16(15-8-10-36-13-15)11-19-29-18(30-33-19)5-1-4-17-7-6-14-3-2-9-27-21(14)28-17/h6-8,10,13,16H,1-5,9,11-12H2,(H,27,28). The van der Waals surface area contributed by atoms with Gasteiger partial charge in [-0.15, -0.1) is 0 Å². The van der Waals surface area contributed by atoms with Gasteiger partial charge in [-0.05, 0) is 59.7 Å². The van der Waals surface area contributed by atoms with E-state index in [0.29, 0.717) is 12.2 Å². The zero-order valence-electron chi connectivity index (χ0n) is 19.0. The minimum atomic E-state index is -5.26. The molecule has 1 aliphatic heterocycles. The summed E-state index contributed by atoms with van der Waals surface area (Å²) in [6.07, 6.45) is -1.25. The Bertz CT molecular complexity index is 1180. The number of hydrogen-bond donors (Lipinski definition) is 1. The first-order valence-electron chi connectivity index (χ1n) is 11.3. The molecule has 1 aliphatic rings. The lowest BCUT2D eigenvalue weighted by atomic mass is 9.95. The van der Waals surface area contributed by atoms with Gasteiger partial charge in [0.15, 0.2) is 5.82 Å². The van der Waals surface area contributed by atoms with Crippen LogP contribution in [0, 0.1) is 0 Å². The zero-order chi connectivity index (χ0) is 25.5. The van der Waals surface area contributed by atoms with E-state index < -0.39 is 24.0 Å². The summed E-state index contributed by atoms with van der Waals surface area (Å²) in [6, 6.07) is 5.90. The molecule has 0 aliphatic carbocycles. The zero-order valence-corrected chi connectivity index (χ0v) is 19.9. The number of aromatic nitrogens is 3. The van der Waals surface area contributed by atoms with Crippen molar-refractivity contribution in [1.82, 2.24) is 15.1 Å². The summed E-state index contributed by atoms with van der Waals surface area (Å²) in [5.41, 5.74) is 2.95. The minimum absolute atomic E-state index is 0.157. The van der Waals surface area contributed by atoms with Crippen molar-refractivity contribution >= 4 is 29.1 Å². The molecule has 1 unspecified atom stereocenters. The van der Waals surface area contributed by atoms with Crippen LogP contribution in [0.4, 0.5) is 19.0 Å². The molecule has 0 bridgehead atoms. The monoisotopic (exact) mass is 524 g/mol.